The van der Waals surface area contributed by atoms with Crippen LogP contribution in [0.3, 0.4) is 0 Å². The van der Waals surface area contributed by atoms with Crippen molar-refractivity contribution in [1.82, 2.24) is 0 Å². The molecule has 0 spiro atoms. The van der Waals surface area contributed by atoms with Crippen molar-refractivity contribution in [2.24, 2.45) is 0 Å². The van der Waals surface area contributed by atoms with Gasteiger partial charge >= 0.3 is 5.97 Å². The molecule has 0 radical (unpaired) electrons. The van der Waals surface area contributed by atoms with Crippen LogP contribution in [0.2, 0.25) is 5.02 Å². The van der Waals surface area contributed by atoms with E-state index in [-0.39, 0.29) is 16.7 Å². The van der Waals surface area contributed by atoms with Gasteiger partial charge in [-0.15, -0.1) is 0 Å². The molecule has 144 valence electrons. The number of rotatable bonds is 5. The van der Waals surface area contributed by atoms with Crippen LogP contribution in [-0.2, 0) is 9.53 Å². The molecule has 0 atom stereocenters. The van der Waals surface area contributed by atoms with Crippen molar-refractivity contribution >= 4 is 40.1 Å². The molecule has 2 aromatic carbocycles. The summed E-state index contributed by atoms with van der Waals surface area (Å²) < 4.78 is 10.3. The molecular weight excluding hydrogens is 382 g/mol. The lowest BCUT2D eigenvalue weighted by atomic mass is 10.0. The summed E-state index contributed by atoms with van der Waals surface area (Å²) >= 11 is 5.85. The molecule has 1 heterocycles. The maximum Gasteiger partial charge on any atom is 0.374 e. The Hall–Kier alpha value is -3.12. The van der Waals surface area contributed by atoms with E-state index in [1.54, 1.807) is 18.2 Å². The van der Waals surface area contributed by atoms with Gasteiger partial charge in [0.1, 0.15) is 5.58 Å². The summed E-state index contributed by atoms with van der Waals surface area (Å²) in [6.07, 6.45) is 0. The number of nitrogens with one attached hydrogen (secondary N) is 1. The molecular formula is C21H18ClNO5. The Bertz CT molecular complexity index is 1090. The lowest BCUT2D eigenvalue weighted by molar-refractivity contribution is -0.119. The third kappa shape index (κ3) is 4.58. The van der Waals surface area contributed by atoms with Crippen molar-refractivity contribution in [3.63, 3.8) is 0 Å². The number of ether oxygens (including phenoxy) is 1. The normalized spacial score (nSPS) is 10.9. The topological polar surface area (TPSA) is 85.6 Å². The van der Waals surface area contributed by atoms with Crippen LogP contribution in [0, 0.1) is 0 Å². The van der Waals surface area contributed by atoms with E-state index in [0.717, 1.165) is 11.6 Å². The quantitative estimate of drug-likeness (QED) is 0.644. The number of amides is 1. The molecule has 0 saturated heterocycles. The minimum absolute atomic E-state index is 0.207. The van der Waals surface area contributed by atoms with E-state index in [1.807, 2.05) is 12.1 Å². The van der Waals surface area contributed by atoms with Crippen molar-refractivity contribution < 1.29 is 18.7 Å². The smallest absolute Gasteiger partial charge is 0.374 e. The summed E-state index contributed by atoms with van der Waals surface area (Å²) in [4.78, 5) is 36.2. The van der Waals surface area contributed by atoms with Gasteiger partial charge in [0.2, 0.25) is 5.76 Å². The van der Waals surface area contributed by atoms with Gasteiger partial charge in [0, 0.05) is 16.8 Å². The third-order valence-electron chi connectivity index (χ3n) is 4.09. The summed E-state index contributed by atoms with van der Waals surface area (Å²) in [5, 5.41) is 3.28. The first-order valence-electron chi connectivity index (χ1n) is 8.64. The fourth-order valence-corrected chi connectivity index (χ4v) is 2.75. The van der Waals surface area contributed by atoms with E-state index < -0.39 is 23.9 Å². The Balaban J connectivity index is 1.63. The van der Waals surface area contributed by atoms with E-state index in [4.69, 9.17) is 20.8 Å². The monoisotopic (exact) mass is 399 g/mol. The van der Waals surface area contributed by atoms with Crippen LogP contribution in [0.4, 0.5) is 5.69 Å². The lowest BCUT2D eigenvalue weighted by Gasteiger charge is -2.09. The molecule has 7 heteroatoms. The number of fused-ring (bicyclic) bond motifs is 1. The molecule has 0 aliphatic carbocycles. The van der Waals surface area contributed by atoms with Gasteiger partial charge in [0.15, 0.2) is 12.0 Å². The highest BCUT2D eigenvalue weighted by Gasteiger charge is 2.16. The molecule has 0 unspecified atom stereocenters. The zero-order chi connectivity index (χ0) is 20.3. The number of carbonyl (C=O) groups excluding carboxylic acids is 2. The molecule has 1 aromatic heterocycles. The molecule has 1 N–H and O–H groups in total. The Labute approximate surface area is 166 Å². The van der Waals surface area contributed by atoms with Gasteiger partial charge in [-0.1, -0.05) is 37.6 Å². The maximum absolute atomic E-state index is 12.1. The first kappa shape index (κ1) is 19.6. The standard InChI is InChI=1S/C21H18ClNO5/c1-12(2)13-3-6-15(7-4-13)23-20(25)11-27-21(26)19-10-17(24)16-9-14(22)5-8-18(16)28-19/h3-10,12H,11H2,1-2H3,(H,23,25). The highest BCUT2D eigenvalue weighted by Crippen LogP contribution is 2.19. The Morgan fingerprint density at radius 1 is 1.11 bits per heavy atom. The summed E-state index contributed by atoms with van der Waals surface area (Å²) in [7, 11) is 0. The predicted octanol–water partition coefficient (Wildman–Crippen LogP) is 4.37. The van der Waals surface area contributed by atoms with E-state index in [2.05, 4.69) is 19.2 Å². The van der Waals surface area contributed by atoms with Gasteiger partial charge < -0.3 is 14.5 Å². The summed E-state index contributed by atoms with van der Waals surface area (Å²) in [5.41, 5.74) is 1.53. The predicted molar refractivity (Wildman–Crippen MR) is 107 cm³/mol. The summed E-state index contributed by atoms with van der Waals surface area (Å²) in [6, 6.07) is 12.9. The fourth-order valence-electron chi connectivity index (χ4n) is 2.58. The second-order valence-electron chi connectivity index (χ2n) is 6.52. The Morgan fingerprint density at radius 3 is 2.50 bits per heavy atom. The SMILES string of the molecule is CC(C)c1ccc(NC(=O)COC(=O)c2cc(=O)c3cc(Cl)ccc3o2)cc1. The summed E-state index contributed by atoms with van der Waals surface area (Å²) in [5.74, 6) is -1.30. The Kier molecular flexibility index (Phi) is 5.80. The number of hydrogen-bond acceptors (Lipinski definition) is 5. The molecule has 1 amide bonds. The van der Waals surface area contributed by atoms with Crippen LogP contribution >= 0.6 is 11.6 Å². The van der Waals surface area contributed by atoms with Gasteiger partial charge in [0.25, 0.3) is 5.91 Å². The lowest BCUT2D eigenvalue weighted by Crippen LogP contribution is -2.21. The van der Waals surface area contributed by atoms with Crippen molar-refractivity contribution in [3.05, 3.63) is 75.1 Å². The highest BCUT2D eigenvalue weighted by atomic mass is 35.5. The Morgan fingerprint density at radius 2 is 1.82 bits per heavy atom. The molecule has 28 heavy (non-hydrogen) atoms. The van der Waals surface area contributed by atoms with Gasteiger partial charge in [-0.25, -0.2) is 4.79 Å². The van der Waals surface area contributed by atoms with Gasteiger partial charge in [-0.3, -0.25) is 9.59 Å². The van der Waals surface area contributed by atoms with E-state index in [0.29, 0.717) is 16.6 Å². The van der Waals surface area contributed by atoms with Crippen molar-refractivity contribution in [2.75, 3.05) is 11.9 Å². The zero-order valence-corrected chi connectivity index (χ0v) is 16.1. The minimum atomic E-state index is -0.903. The molecule has 0 aliphatic rings. The second kappa shape index (κ2) is 8.27. The molecule has 6 nitrogen and oxygen atoms in total. The molecule has 0 bridgehead atoms. The van der Waals surface area contributed by atoms with E-state index >= 15 is 0 Å². The van der Waals surface area contributed by atoms with E-state index in [9.17, 15) is 14.4 Å². The van der Waals surface area contributed by atoms with Gasteiger partial charge in [0.05, 0.1) is 5.39 Å². The molecule has 0 fully saturated rings. The second-order valence-corrected chi connectivity index (χ2v) is 6.95. The number of halogens is 1. The largest absolute Gasteiger partial charge is 0.450 e. The third-order valence-corrected chi connectivity index (χ3v) is 4.32. The molecule has 0 aliphatic heterocycles. The fraction of sp³-hybridized carbons (Fsp3) is 0.190. The first-order valence-corrected chi connectivity index (χ1v) is 9.01. The molecule has 3 aromatic rings. The molecule has 3 rings (SSSR count). The van der Waals surface area contributed by atoms with Crippen LogP contribution in [-0.4, -0.2) is 18.5 Å². The van der Waals surface area contributed by atoms with E-state index in [1.165, 1.54) is 12.1 Å². The van der Waals surface area contributed by atoms with Gasteiger partial charge in [-0.05, 0) is 41.8 Å². The minimum Gasteiger partial charge on any atom is -0.450 e. The van der Waals surface area contributed by atoms with Crippen molar-refractivity contribution in [1.29, 1.82) is 0 Å². The van der Waals surface area contributed by atoms with Crippen LogP contribution in [0.15, 0.2) is 57.7 Å². The van der Waals surface area contributed by atoms with Crippen LogP contribution in [0.5, 0.6) is 0 Å². The van der Waals surface area contributed by atoms with Gasteiger partial charge in [-0.2, -0.15) is 0 Å². The van der Waals surface area contributed by atoms with Crippen molar-refractivity contribution in [2.45, 2.75) is 19.8 Å². The summed E-state index contributed by atoms with van der Waals surface area (Å²) in [6.45, 7) is 3.65. The van der Waals surface area contributed by atoms with Crippen molar-refractivity contribution in [3.8, 4) is 0 Å². The van der Waals surface area contributed by atoms with Crippen LogP contribution in [0.1, 0.15) is 35.9 Å². The molecule has 0 saturated carbocycles. The number of esters is 1. The average molecular weight is 400 g/mol. The number of hydrogen-bond donors (Lipinski definition) is 1. The number of anilines is 1. The average Bonchev–Trinajstić information content (AvgIpc) is 2.67. The zero-order valence-electron chi connectivity index (χ0n) is 15.3. The number of carbonyl (C=O) groups is 2. The first-order chi connectivity index (χ1) is 13.3. The number of benzene rings is 2. The van der Waals surface area contributed by atoms with Crippen LogP contribution < -0.4 is 10.7 Å². The maximum atomic E-state index is 12.1. The highest BCUT2D eigenvalue weighted by molar-refractivity contribution is 6.31. The van der Waals surface area contributed by atoms with Crippen LogP contribution in [0.25, 0.3) is 11.0 Å².